The number of para-hydroxylation sites is 1. The van der Waals surface area contributed by atoms with Gasteiger partial charge in [-0.3, -0.25) is 32.7 Å². The normalized spacial score (nSPS) is 16.3. The summed E-state index contributed by atoms with van der Waals surface area (Å²) in [6.45, 7) is 4.72. The molecule has 0 unspecified atom stereocenters. The Morgan fingerprint density at radius 2 is 1.59 bits per heavy atom. The summed E-state index contributed by atoms with van der Waals surface area (Å²) in [5.41, 5.74) is 6.19. The summed E-state index contributed by atoms with van der Waals surface area (Å²) in [6.07, 6.45) is 11.5. The first-order valence-corrected chi connectivity index (χ1v) is 26.5. The van der Waals surface area contributed by atoms with Crippen molar-refractivity contribution in [2.24, 2.45) is 4.99 Å². The standard InChI is InChI=1S/C56H58BF2N11O5S/c1-65-47-10-6-5-9-45(47)55(74)66(2)49-36-61-56(64-53(49)65)63-40-17-13-39(14-18-40)54(73)69-28-25-42(26-29-69)67-30-32-68(33-31-67)52(72)12-4-3-7-27-60-51(71)37-75-44-21-15-38(16-22-44)46-23-19-41(62-46)35-43-20-24-48(70(43)57(58)59)50-11-8-34-76-50/h5-6,8-11,13-24,34-36,42H,3-4,7,12,25-33,37H2,1-2H3,(H,60,71)(H,61,63,64)/b41-35-. The third-order valence-corrected chi connectivity index (χ3v) is 15.2. The maximum Gasteiger partial charge on any atom is 0.678 e. The van der Waals surface area contributed by atoms with Crippen molar-refractivity contribution in [3.63, 3.8) is 0 Å². The van der Waals surface area contributed by atoms with E-state index in [1.165, 1.54) is 11.3 Å². The molecular weight excluding hydrogens is 988 g/mol. The smallest absolute Gasteiger partial charge is 0.484 e. The van der Waals surface area contributed by atoms with Crippen LogP contribution >= 0.6 is 11.3 Å². The summed E-state index contributed by atoms with van der Waals surface area (Å²) in [7, 11) is 0.899. The molecule has 0 bridgehead atoms. The number of ether oxygens (including phenoxy) is 1. The van der Waals surface area contributed by atoms with Gasteiger partial charge in [0.2, 0.25) is 11.9 Å². The highest BCUT2D eigenvalue weighted by molar-refractivity contribution is 7.13. The first kappa shape index (κ1) is 51.5. The number of rotatable bonds is 17. The third-order valence-electron chi connectivity index (χ3n) is 14.3. The fraction of sp³-hybridized carbons (Fsp3) is 0.304. The van der Waals surface area contributed by atoms with Crippen LogP contribution in [0.4, 0.5) is 37.5 Å². The van der Waals surface area contributed by atoms with Gasteiger partial charge in [0.25, 0.3) is 17.7 Å². The van der Waals surface area contributed by atoms with E-state index in [4.69, 9.17) is 9.72 Å². The Morgan fingerprint density at radius 1 is 0.816 bits per heavy atom. The van der Waals surface area contributed by atoms with Gasteiger partial charge < -0.3 is 39.4 Å². The number of hydrogen-bond donors (Lipinski definition) is 2. The molecule has 7 heterocycles. The number of anilines is 5. The minimum absolute atomic E-state index is 0.000332. The van der Waals surface area contributed by atoms with E-state index in [1.807, 2.05) is 99.9 Å². The second-order valence-corrected chi connectivity index (χ2v) is 20.1. The molecule has 16 nitrogen and oxygen atoms in total. The molecule has 0 saturated carbocycles. The van der Waals surface area contributed by atoms with Crippen molar-refractivity contribution in [3.8, 4) is 16.3 Å². The Hall–Kier alpha value is -7.97. The van der Waals surface area contributed by atoms with Gasteiger partial charge in [0.15, 0.2) is 12.4 Å². The molecule has 2 fully saturated rings. The number of piperazine rings is 1. The van der Waals surface area contributed by atoms with Gasteiger partial charge in [-0.05, 0) is 128 Å². The van der Waals surface area contributed by atoms with Crippen LogP contribution in [0.2, 0.25) is 0 Å². The fourth-order valence-electron chi connectivity index (χ4n) is 10.1. The summed E-state index contributed by atoms with van der Waals surface area (Å²) in [4.78, 5) is 76.8. The molecular formula is C56H58BF2N11O5S. The zero-order chi connectivity index (χ0) is 52.7. The zero-order valence-electron chi connectivity index (χ0n) is 42.4. The van der Waals surface area contributed by atoms with Crippen molar-refractivity contribution < 1.29 is 32.5 Å². The zero-order valence-corrected chi connectivity index (χ0v) is 43.2. The maximum absolute atomic E-state index is 14.1. The molecule has 76 heavy (non-hydrogen) atoms. The van der Waals surface area contributed by atoms with Crippen molar-refractivity contribution in [2.75, 3.05) is 81.6 Å². The number of aliphatic imine (C=N–C) groups is 1. The fourth-order valence-corrected chi connectivity index (χ4v) is 10.9. The number of allylic oxidation sites excluding steroid dienone is 2. The maximum atomic E-state index is 14.1. The van der Waals surface area contributed by atoms with Gasteiger partial charge >= 0.3 is 7.40 Å². The topological polar surface area (TPSA) is 161 Å². The molecule has 4 aliphatic rings. The average molecular weight is 1050 g/mol. The molecule has 0 radical (unpaired) electrons. The number of carbonyl (C=O) groups excluding carboxylic acids is 4. The van der Waals surface area contributed by atoms with Gasteiger partial charge in [-0.15, -0.1) is 11.3 Å². The van der Waals surface area contributed by atoms with E-state index in [2.05, 4.69) is 25.5 Å². The number of thiophene rings is 1. The quantitative estimate of drug-likeness (QED) is 0.0668. The SMILES string of the molecule is CN1C(=O)c2ccccc2N(C)c2nc(Nc3ccc(C(=O)N4CCC(N5CCN(C(=O)CCCCCNC(=O)COc6ccc(C7=N/C(=C\c8ccc(-c9cccs9)n8B(F)F)C=C7)cc6)CC5)CC4)cc3)ncc21. The number of fused-ring (bicyclic) bond motifs is 2. The van der Waals surface area contributed by atoms with E-state index >= 15 is 0 Å². The molecule has 390 valence electrons. The third kappa shape index (κ3) is 11.6. The molecule has 20 heteroatoms. The first-order chi connectivity index (χ1) is 37.0. The van der Waals surface area contributed by atoms with Crippen LogP contribution in [0.1, 0.15) is 70.5 Å². The van der Waals surface area contributed by atoms with Crippen molar-refractivity contribution in [1.29, 1.82) is 0 Å². The number of piperidine rings is 1. The van der Waals surface area contributed by atoms with Crippen molar-refractivity contribution in [3.05, 3.63) is 149 Å². The second kappa shape index (κ2) is 23.3. The van der Waals surface area contributed by atoms with Gasteiger partial charge in [0, 0.05) is 99.8 Å². The van der Waals surface area contributed by atoms with Gasteiger partial charge in [0.05, 0.1) is 34.6 Å². The Kier molecular flexibility index (Phi) is 15.8. The number of unbranched alkanes of at least 4 members (excludes halogenated alkanes) is 2. The molecule has 0 spiro atoms. The Labute approximate surface area is 444 Å². The molecule has 4 aliphatic heterocycles. The number of benzene rings is 3. The van der Waals surface area contributed by atoms with Gasteiger partial charge in [-0.2, -0.15) is 4.98 Å². The molecule has 3 aromatic heterocycles. The average Bonchev–Trinajstić information content (AvgIpc) is 4.26. The highest BCUT2D eigenvalue weighted by Crippen LogP contribution is 2.38. The number of hydrogen-bond acceptors (Lipinski definition) is 12. The number of nitrogens with one attached hydrogen (secondary N) is 2. The minimum Gasteiger partial charge on any atom is -0.484 e. The van der Waals surface area contributed by atoms with Gasteiger partial charge in [-0.1, -0.05) is 24.6 Å². The van der Waals surface area contributed by atoms with Crippen molar-refractivity contribution >= 4 is 83.0 Å². The first-order valence-electron chi connectivity index (χ1n) is 25.6. The lowest BCUT2D eigenvalue weighted by molar-refractivity contribution is -0.133. The molecule has 2 saturated heterocycles. The molecule has 2 N–H and O–H groups in total. The van der Waals surface area contributed by atoms with Crippen molar-refractivity contribution in [1.82, 2.24) is 34.5 Å². The van der Waals surface area contributed by atoms with Crippen LogP contribution in [-0.2, 0) is 9.59 Å². The van der Waals surface area contributed by atoms with Crippen LogP contribution in [0.25, 0.3) is 16.6 Å². The minimum atomic E-state index is -2.70. The van der Waals surface area contributed by atoms with Gasteiger partial charge in [-0.25, -0.2) is 9.98 Å². The number of likely N-dealkylation sites (tertiary alicyclic amines) is 1. The molecule has 10 rings (SSSR count). The highest BCUT2D eigenvalue weighted by atomic mass is 32.1. The van der Waals surface area contributed by atoms with E-state index in [0.717, 1.165) is 71.5 Å². The molecule has 6 aromatic rings. The van der Waals surface area contributed by atoms with Crippen LogP contribution in [0.5, 0.6) is 5.75 Å². The van der Waals surface area contributed by atoms with E-state index in [-0.39, 0.29) is 30.2 Å². The summed E-state index contributed by atoms with van der Waals surface area (Å²) in [6, 6.07) is 29.4. The summed E-state index contributed by atoms with van der Waals surface area (Å²) in [5, 5.41) is 8.01. The van der Waals surface area contributed by atoms with E-state index < -0.39 is 7.40 Å². The number of aromatic nitrogens is 3. The van der Waals surface area contributed by atoms with E-state index in [1.54, 1.807) is 60.6 Å². The van der Waals surface area contributed by atoms with E-state index in [9.17, 15) is 27.8 Å². The van der Waals surface area contributed by atoms with E-state index in [0.29, 0.717) is 102 Å². The van der Waals surface area contributed by atoms with Crippen LogP contribution in [0.3, 0.4) is 0 Å². The summed E-state index contributed by atoms with van der Waals surface area (Å²) < 4.78 is 34.8. The predicted octanol–water partition coefficient (Wildman–Crippen LogP) is 8.78. The summed E-state index contributed by atoms with van der Waals surface area (Å²) in [5.74, 6) is 1.30. The van der Waals surface area contributed by atoms with Crippen LogP contribution < -0.4 is 25.2 Å². The van der Waals surface area contributed by atoms with Crippen LogP contribution in [0, 0.1) is 0 Å². The molecule has 0 atom stereocenters. The predicted molar refractivity (Wildman–Crippen MR) is 294 cm³/mol. The molecule has 4 amide bonds. The number of nitrogens with zero attached hydrogens (tertiary/aromatic N) is 9. The van der Waals surface area contributed by atoms with Crippen molar-refractivity contribution in [2.45, 2.75) is 44.6 Å². The lowest BCUT2D eigenvalue weighted by atomic mass is 10.0. The largest absolute Gasteiger partial charge is 0.678 e. The van der Waals surface area contributed by atoms with Crippen LogP contribution in [-0.4, -0.2) is 138 Å². The summed E-state index contributed by atoms with van der Waals surface area (Å²) >= 11 is 1.41. The highest BCUT2D eigenvalue weighted by Gasteiger charge is 2.32. The number of amides is 4. The molecule has 0 aliphatic carbocycles. The lowest BCUT2D eigenvalue weighted by Crippen LogP contribution is -2.54. The number of carbonyl (C=O) groups is 4. The van der Waals surface area contributed by atoms with Gasteiger partial charge in [0.1, 0.15) is 11.4 Å². The Morgan fingerprint density at radius 3 is 2.34 bits per heavy atom. The number of halogens is 2. The Balaban J connectivity index is 0.587. The molecule has 3 aromatic carbocycles. The van der Waals surface area contributed by atoms with Crippen LogP contribution in [0.15, 0.2) is 131 Å². The monoisotopic (exact) mass is 1050 g/mol. The Bertz CT molecular complexity index is 3170. The lowest BCUT2D eigenvalue weighted by Gasteiger charge is -2.42. The second-order valence-electron chi connectivity index (χ2n) is 19.1.